The van der Waals surface area contributed by atoms with Crippen molar-refractivity contribution < 1.29 is 28.3 Å². The number of ether oxygens (including phenoxy) is 1. The van der Waals surface area contributed by atoms with E-state index in [2.05, 4.69) is 15.9 Å². The third-order valence-corrected chi connectivity index (χ3v) is 7.64. The lowest BCUT2D eigenvalue weighted by Gasteiger charge is -2.27. The molecule has 3 aromatic rings. The summed E-state index contributed by atoms with van der Waals surface area (Å²) in [4.78, 5) is 55.8. The predicted molar refractivity (Wildman–Crippen MR) is 127 cm³/mol. The first-order valence-corrected chi connectivity index (χ1v) is 11.9. The molecular formula is C26H14BrClFNO5. The highest BCUT2D eigenvalue weighted by atomic mass is 79.9. The van der Waals surface area contributed by atoms with Crippen LogP contribution in [0.15, 0.2) is 71.2 Å². The molecule has 0 aromatic heterocycles. The second-order valence-electron chi connectivity index (χ2n) is 8.65. The van der Waals surface area contributed by atoms with Crippen molar-refractivity contribution in [3.63, 3.8) is 0 Å². The SMILES string of the molecule is O=C1C2C(c3cccc(Br)c3)OC3(C(=O)c4ccccc4C3=O)C2C(=O)N1c1ccc(F)c(Cl)c1. The molecule has 1 spiro atoms. The van der Waals surface area contributed by atoms with E-state index < -0.39 is 52.7 Å². The minimum absolute atomic E-state index is 0.0550. The van der Waals surface area contributed by atoms with E-state index in [1.54, 1.807) is 36.4 Å². The van der Waals surface area contributed by atoms with Gasteiger partial charge in [0.25, 0.3) is 0 Å². The van der Waals surface area contributed by atoms with E-state index in [4.69, 9.17) is 16.3 Å². The summed E-state index contributed by atoms with van der Waals surface area (Å²) in [6.45, 7) is 0. The van der Waals surface area contributed by atoms with Gasteiger partial charge >= 0.3 is 0 Å². The number of hydrogen-bond donors (Lipinski definition) is 0. The zero-order valence-electron chi connectivity index (χ0n) is 17.7. The second-order valence-corrected chi connectivity index (χ2v) is 9.97. The fourth-order valence-electron chi connectivity index (χ4n) is 5.38. The van der Waals surface area contributed by atoms with Crippen LogP contribution in [-0.2, 0) is 14.3 Å². The van der Waals surface area contributed by atoms with Crippen molar-refractivity contribution in [1.29, 1.82) is 0 Å². The van der Waals surface area contributed by atoms with Crippen LogP contribution in [0, 0.1) is 17.7 Å². The molecule has 0 radical (unpaired) electrons. The molecule has 3 aliphatic rings. The highest BCUT2D eigenvalue weighted by Gasteiger charge is 2.74. The highest BCUT2D eigenvalue weighted by Crippen LogP contribution is 2.57. The topological polar surface area (TPSA) is 80.8 Å². The van der Waals surface area contributed by atoms with E-state index in [-0.39, 0.29) is 21.8 Å². The number of fused-ring (bicyclic) bond motifs is 3. The lowest BCUT2D eigenvalue weighted by Crippen LogP contribution is -2.51. The Morgan fingerprint density at radius 1 is 0.886 bits per heavy atom. The van der Waals surface area contributed by atoms with Crippen molar-refractivity contribution in [1.82, 2.24) is 0 Å². The van der Waals surface area contributed by atoms with E-state index in [1.165, 1.54) is 24.3 Å². The molecule has 1 aliphatic carbocycles. The maximum atomic E-state index is 13.8. The lowest BCUT2D eigenvalue weighted by molar-refractivity contribution is -0.127. The molecule has 0 bridgehead atoms. The summed E-state index contributed by atoms with van der Waals surface area (Å²) in [5.74, 6) is -5.97. The average Bonchev–Trinajstić information content (AvgIpc) is 3.41. The number of rotatable bonds is 2. The first kappa shape index (κ1) is 22.3. The van der Waals surface area contributed by atoms with Crippen molar-refractivity contribution in [2.24, 2.45) is 11.8 Å². The number of nitrogens with zero attached hydrogens (tertiary/aromatic N) is 1. The van der Waals surface area contributed by atoms with Crippen molar-refractivity contribution in [3.05, 3.63) is 98.7 Å². The fraction of sp³-hybridized carbons (Fsp3) is 0.154. The van der Waals surface area contributed by atoms with Gasteiger partial charge in [0.2, 0.25) is 29.0 Å². The minimum Gasteiger partial charge on any atom is -0.349 e. The number of Topliss-reactive ketones (excluding diaryl/α,β-unsaturated/α-hetero) is 2. The molecule has 6 rings (SSSR count). The zero-order valence-corrected chi connectivity index (χ0v) is 20.0. The number of hydrogen-bond acceptors (Lipinski definition) is 5. The van der Waals surface area contributed by atoms with Gasteiger partial charge in [-0.05, 0) is 35.9 Å². The normalized spacial score (nSPS) is 24.4. The highest BCUT2D eigenvalue weighted by molar-refractivity contribution is 9.10. The quantitative estimate of drug-likeness (QED) is 0.331. The largest absolute Gasteiger partial charge is 0.349 e. The standard InChI is InChI=1S/C26H14BrClFNO5/c27-13-5-3-4-12(10-13)21-19-20(25(34)30(24(19)33)14-8-9-18(29)17(28)11-14)26(35-21)22(31)15-6-1-2-7-16(15)23(26)32/h1-11,19-21H. The summed E-state index contributed by atoms with van der Waals surface area (Å²) in [6.07, 6.45) is -1.04. The molecule has 2 amide bonds. The van der Waals surface area contributed by atoms with Gasteiger partial charge in [-0.15, -0.1) is 0 Å². The first-order valence-electron chi connectivity index (χ1n) is 10.7. The van der Waals surface area contributed by atoms with Gasteiger partial charge in [0.15, 0.2) is 0 Å². The van der Waals surface area contributed by atoms with Gasteiger partial charge < -0.3 is 4.74 Å². The Kier molecular flexibility index (Phi) is 4.87. The number of carbonyl (C=O) groups is 4. The van der Waals surface area contributed by atoms with Crippen LogP contribution in [0.3, 0.4) is 0 Å². The predicted octanol–water partition coefficient (Wildman–Crippen LogP) is 4.94. The van der Waals surface area contributed by atoms with Crippen LogP contribution in [0.1, 0.15) is 32.4 Å². The third kappa shape index (κ3) is 2.90. The molecule has 3 aromatic carbocycles. The summed E-state index contributed by atoms with van der Waals surface area (Å²) < 4.78 is 20.7. The summed E-state index contributed by atoms with van der Waals surface area (Å²) >= 11 is 9.31. The van der Waals surface area contributed by atoms with E-state index in [9.17, 15) is 23.6 Å². The second kappa shape index (κ2) is 7.65. The smallest absolute Gasteiger partial charge is 0.241 e. The van der Waals surface area contributed by atoms with E-state index in [0.717, 1.165) is 11.0 Å². The Labute approximate surface area is 211 Å². The van der Waals surface area contributed by atoms with Crippen LogP contribution in [0.25, 0.3) is 0 Å². The fourth-order valence-corrected chi connectivity index (χ4v) is 5.97. The molecule has 6 nitrogen and oxygen atoms in total. The van der Waals surface area contributed by atoms with Crippen LogP contribution < -0.4 is 4.90 Å². The number of amides is 2. The number of ketones is 2. The van der Waals surface area contributed by atoms with Crippen molar-refractivity contribution in [2.75, 3.05) is 4.90 Å². The molecule has 35 heavy (non-hydrogen) atoms. The van der Waals surface area contributed by atoms with E-state index in [1.807, 2.05) is 0 Å². The first-order chi connectivity index (χ1) is 16.8. The van der Waals surface area contributed by atoms with Crippen LogP contribution in [0.2, 0.25) is 5.02 Å². The summed E-state index contributed by atoms with van der Waals surface area (Å²) in [7, 11) is 0. The van der Waals surface area contributed by atoms with Gasteiger partial charge in [-0.25, -0.2) is 9.29 Å². The molecule has 0 N–H and O–H groups in total. The monoisotopic (exact) mass is 553 g/mol. The Hall–Kier alpha value is -3.20. The maximum Gasteiger partial charge on any atom is 0.241 e. The lowest BCUT2D eigenvalue weighted by atomic mass is 9.77. The molecule has 3 unspecified atom stereocenters. The molecule has 3 atom stereocenters. The summed E-state index contributed by atoms with van der Waals surface area (Å²) in [5, 5.41) is -0.268. The minimum atomic E-state index is -2.17. The molecule has 2 fully saturated rings. The van der Waals surface area contributed by atoms with Gasteiger partial charge in [-0.2, -0.15) is 0 Å². The van der Waals surface area contributed by atoms with E-state index in [0.29, 0.717) is 10.0 Å². The van der Waals surface area contributed by atoms with Crippen molar-refractivity contribution in [2.45, 2.75) is 11.7 Å². The maximum absolute atomic E-state index is 13.8. The molecule has 9 heteroatoms. The van der Waals surface area contributed by atoms with Gasteiger partial charge in [0.05, 0.1) is 28.6 Å². The van der Waals surface area contributed by atoms with Gasteiger partial charge in [0.1, 0.15) is 5.82 Å². The van der Waals surface area contributed by atoms with Crippen LogP contribution >= 0.6 is 27.5 Å². The van der Waals surface area contributed by atoms with Crippen molar-refractivity contribution >= 4 is 56.6 Å². The molecule has 2 aliphatic heterocycles. The Morgan fingerprint density at radius 3 is 2.20 bits per heavy atom. The van der Waals surface area contributed by atoms with Gasteiger partial charge in [-0.3, -0.25) is 19.2 Å². The third-order valence-electron chi connectivity index (χ3n) is 6.86. The molecule has 174 valence electrons. The Balaban J connectivity index is 1.55. The Bertz CT molecular complexity index is 1460. The number of anilines is 1. The zero-order chi connectivity index (χ0) is 24.6. The Morgan fingerprint density at radius 2 is 1.57 bits per heavy atom. The molecule has 0 saturated carbocycles. The van der Waals surface area contributed by atoms with Crippen LogP contribution in [0.4, 0.5) is 10.1 Å². The van der Waals surface area contributed by atoms with Gasteiger partial charge in [0, 0.05) is 15.6 Å². The van der Waals surface area contributed by atoms with Gasteiger partial charge in [-0.1, -0.05) is 63.9 Å². The van der Waals surface area contributed by atoms with E-state index >= 15 is 0 Å². The molecule has 2 saturated heterocycles. The molecule has 2 heterocycles. The summed E-state index contributed by atoms with van der Waals surface area (Å²) in [6, 6.07) is 16.7. The number of imide groups is 1. The summed E-state index contributed by atoms with van der Waals surface area (Å²) in [5.41, 5.74) is -1.29. The molecular weight excluding hydrogens is 541 g/mol. The average molecular weight is 555 g/mol. The van der Waals surface area contributed by atoms with Crippen molar-refractivity contribution in [3.8, 4) is 0 Å². The number of carbonyl (C=O) groups excluding carboxylic acids is 4. The van der Waals surface area contributed by atoms with Crippen LogP contribution in [0.5, 0.6) is 0 Å². The van der Waals surface area contributed by atoms with Crippen LogP contribution in [-0.4, -0.2) is 29.0 Å². The number of benzene rings is 3. The number of halogens is 3.